The van der Waals surface area contributed by atoms with Gasteiger partial charge in [0.15, 0.2) is 0 Å². The van der Waals surface area contributed by atoms with Crippen LogP contribution in [0.2, 0.25) is 0 Å². The molecule has 0 radical (unpaired) electrons. The Kier molecular flexibility index (Phi) is 7.23. The van der Waals surface area contributed by atoms with E-state index in [9.17, 15) is 0 Å². The Morgan fingerprint density at radius 2 is 1.84 bits per heavy atom. The Bertz CT molecular complexity index is 365. The lowest BCUT2D eigenvalue weighted by molar-refractivity contribution is 0.613. The summed E-state index contributed by atoms with van der Waals surface area (Å²) >= 11 is 0. The molecule has 0 bridgehead atoms. The highest BCUT2D eigenvalue weighted by molar-refractivity contribution is 5.48. The van der Waals surface area contributed by atoms with E-state index in [2.05, 4.69) is 48.3 Å². The van der Waals surface area contributed by atoms with E-state index in [0.717, 1.165) is 30.4 Å². The highest BCUT2D eigenvalue weighted by atomic mass is 15.1. The fourth-order valence-electron chi connectivity index (χ4n) is 2.03. The van der Waals surface area contributed by atoms with E-state index in [1.165, 1.54) is 25.7 Å². The molecule has 1 aromatic rings. The Hall–Kier alpha value is -1.32. The minimum atomic E-state index is 0.459. The van der Waals surface area contributed by atoms with E-state index in [4.69, 9.17) is 0 Å². The molecule has 0 saturated heterocycles. The number of aromatic nitrogens is 2. The third-order valence-corrected chi connectivity index (χ3v) is 3.08. The van der Waals surface area contributed by atoms with E-state index in [0.29, 0.717) is 6.04 Å². The van der Waals surface area contributed by atoms with E-state index >= 15 is 0 Å². The van der Waals surface area contributed by atoms with Crippen molar-refractivity contribution >= 4 is 11.6 Å². The maximum atomic E-state index is 4.54. The Balaban J connectivity index is 2.62. The standard InChI is InChI=1S/C15H28N4/c1-5-8-9-10-12(4)17-15-11-14(16-7-3)18-13(6-2)19-15/h11-12H,5-10H2,1-4H3,(H2,16,17,18,19). The van der Waals surface area contributed by atoms with Crippen molar-refractivity contribution < 1.29 is 0 Å². The van der Waals surface area contributed by atoms with Crippen LogP contribution < -0.4 is 10.6 Å². The van der Waals surface area contributed by atoms with Crippen molar-refractivity contribution in [2.45, 2.75) is 65.8 Å². The van der Waals surface area contributed by atoms with Crippen molar-refractivity contribution in [2.75, 3.05) is 17.2 Å². The maximum Gasteiger partial charge on any atom is 0.132 e. The summed E-state index contributed by atoms with van der Waals surface area (Å²) < 4.78 is 0. The summed E-state index contributed by atoms with van der Waals surface area (Å²) in [6, 6.07) is 2.46. The van der Waals surface area contributed by atoms with E-state index in [1.54, 1.807) is 0 Å². The molecule has 0 aromatic carbocycles. The van der Waals surface area contributed by atoms with Gasteiger partial charge in [0.25, 0.3) is 0 Å². The van der Waals surface area contributed by atoms with Crippen LogP contribution in [-0.2, 0) is 6.42 Å². The monoisotopic (exact) mass is 264 g/mol. The number of rotatable bonds is 9. The molecule has 19 heavy (non-hydrogen) atoms. The van der Waals surface area contributed by atoms with Crippen LogP contribution in [0.15, 0.2) is 6.07 Å². The Labute approximate surface area is 117 Å². The van der Waals surface area contributed by atoms with Crippen molar-refractivity contribution in [3.05, 3.63) is 11.9 Å². The number of hydrogen-bond donors (Lipinski definition) is 2. The van der Waals surface area contributed by atoms with Crippen molar-refractivity contribution in [1.82, 2.24) is 9.97 Å². The van der Waals surface area contributed by atoms with Gasteiger partial charge in [-0.25, -0.2) is 9.97 Å². The predicted octanol–water partition coefficient (Wildman–Crippen LogP) is 3.85. The third kappa shape index (κ3) is 5.90. The van der Waals surface area contributed by atoms with Gasteiger partial charge in [0, 0.05) is 25.1 Å². The molecule has 2 N–H and O–H groups in total. The number of nitrogens with one attached hydrogen (secondary N) is 2. The number of aryl methyl sites for hydroxylation is 1. The van der Waals surface area contributed by atoms with Crippen LogP contribution >= 0.6 is 0 Å². The summed E-state index contributed by atoms with van der Waals surface area (Å²) in [7, 11) is 0. The summed E-state index contributed by atoms with van der Waals surface area (Å²) in [5.74, 6) is 2.74. The van der Waals surface area contributed by atoms with Gasteiger partial charge in [-0.15, -0.1) is 0 Å². The zero-order valence-electron chi connectivity index (χ0n) is 12.8. The molecule has 108 valence electrons. The molecular formula is C15H28N4. The average molecular weight is 264 g/mol. The fourth-order valence-corrected chi connectivity index (χ4v) is 2.03. The molecule has 1 heterocycles. The molecule has 0 aliphatic rings. The predicted molar refractivity (Wildman–Crippen MR) is 82.8 cm³/mol. The lowest BCUT2D eigenvalue weighted by Gasteiger charge is -2.15. The van der Waals surface area contributed by atoms with Crippen LogP contribution in [0.1, 0.15) is 59.2 Å². The van der Waals surface area contributed by atoms with Gasteiger partial charge in [-0.3, -0.25) is 0 Å². The van der Waals surface area contributed by atoms with Crippen molar-refractivity contribution in [1.29, 1.82) is 0 Å². The first-order valence-corrected chi connectivity index (χ1v) is 7.57. The molecule has 0 saturated carbocycles. The first kappa shape index (κ1) is 15.7. The summed E-state index contributed by atoms with van der Waals surface area (Å²) in [6.45, 7) is 9.49. The quantitative estimate of drug-likeness (QED) is 0.665. The highest BCUT2D eigenvalue weighted by Gasteiger charge is 2.06. The average Bonchev–Trinajstić information content (AvgIpc) is 2.39. The highest BCUT2D eigenvalue weighted by Crippen LogP contribution is 2.14. The third-order valence-electron chi connectivity index (χ3n) is 3.08. The van der Waals surface area contributed by atoms with Crippen LogP contribution in [0.5, 0.6) is 0 Å². The number of hydrogen-bond acceptors (Lipinski definition) is 4. The summed E-state index contributed by atoms with van der Waals surface area (Å²) in [5, 5.41) is 6.74. The molecular weight excluding hydrogens is 236 g/mol. The molecule has 4 nitrogen and oxygen atoms in total. The van der Waals surface area contributed by atoms with E-state index < -0.39 is 0 Å². The normalized spacial score (nSPS) is 12.2. The van der Waals surface area contributed by atoms with Gasteiger partial charge >= 0.3 is 0 Å². The minimum absolute atomic E-state index is 0.459. The molecule has 1 aromatic heterocycles. The van der Waals surface area contributed by atoms with Crippen LogP contribution in [-0.4, -0.2) is 22.6 Å². The topological polar surface area (TPSA) is 49.8 Å². The van der Waals surface area contributed by atoms with Gasteiger partial charge in [0.2, 0.25) is 0 Å². The number of nitrogens with zero attached hydrogens (tertiary/aromatic N) is 2. The molecule has 0 spiro atoms. The zero-order valence-corrected chi connectivity index (χ0v) is 12.8. The van der Waals surface area contributed by atoms with Gasteiger partial charge in [-0.2, -0.15) is 0 Å². The van der Waals surface area contributed by atoms with Crippen molar-refractivity contribution in [2.24, 2.45) is 0 Å². The van der Waals surface area contributed by atoms with Crippen molar-refractivity contribution in [3.63, 3.8) is 0 Å². The summed E-state index contributed by atoms with van der Waals surface area (Å²) in [4.78, 5) is 9.00. The van der Waals surface area contributed by atoms with E-state index in [-0.39, 0.29) is 0 Å². The molecule has 0 aliphatic carbocycles. The fraction of sp³-hybridized carbons (Fsp3) is 0.733. The van der Waals surface area contributed by atoms with Crippen molar-refractivity contribution in [3.8, 4) is 0 Å². The largest absolute Gasteiger partial charge is 0.370 e. The van der Waals surface area contributed by atoms with Gasteiger partial charge in [-0.1, -0.05) is 33.1 Å². The minimum Gasteiger partial charge on any atom is -0.370 e. The van der Waals surface area contributed by atoms with Gasteiger partial charge in [0.1, 0.15) is 17.5 Å². The molecule has 4 heteroatoms. The second-order valence-electron chi connectivity index (χ2n) is 4.98. The first-order chi connectivity index (χ1) is 9.19. The molecule has 0 fully saturated rings. The number of anilines is 2. The van der Waals surface area contributed by atoms with E-state index in [1.807, 2.05) is 6.07 Å². The van der Waals surface area contributed by atoms with Crippen LogP contribution in [0.4, 0.5) is 11.6 Å². The smallest absolute Gasteiger partial charge is 0.132 e. The Morgan fingerprint density at radius 1 is 1.11 bits per heavy atom. The SMILES string of the molecule is CCCCCC(C)Nc1cc(NCC)nc(CC)n1. The van der Waals surface area contributed by atoms with Crippen LogP contribution in [0, 0.1) is 0 Å². The second-order valence-corrected chi connectivity index (χ2v) is 4.98. The molecule has 1 unspecified atom stereocenters. The zero-order chi connectivity index (χ0) is 14.1. The van der Waals surface area contributed by atoms with Crippen LogP contribution in [0.25, 0.3) is 0 Å². The van der Waals surface area contributed by atoms with Gasteiger partial charge < -0.3 is 10.6 Å². The lowest BCUT2D eigenvalue weighted by atomic mass is 10.1. The van der Waals surface area contributed by atoms with Gasteiger partial charge in [-0.05, 0) is 20.3 Å². The second kappa shape index (κ2) is 8.73. The summed E-state index contributed by atoms with van der Waals surface area (Å²) in [6.07, 6.45) is 5.90. The maximum absolute atomic E-state index is 4.54. The molecule has 1 atom stereocenters. The molecule has 0 aliphatic heterocycles. The first-order valence-electron chi connectivity index (χ1n) is 7.57. The van der Waals surface area contributed by atoms with Gasteiger partial charge in [0.05, 0.1) is 0 Å². The number of unbranched alkanes of at least 4 members (excludes halogenated alkanes) is 2. The Morgan fingerprint density at radius 3 is 2.47 bits per heavy atom. The van der Waals surface area contributed by atoms with Crippen LogP contribution in [0.3, 0.4) is 0 Å². The molecule has 1 rings (SSSR count). The molecule has 0 amide bonds. The lowest BCUT2D eigenvalue weighted by Crippen LogP contribution is -2.17. The summed E-state index contributed by atoms with van der Waals surface area (Å²) in [5.41, 5.74) is 0.